The molecule has 0 aromatic heterocycles. The highest BCUT2D eigenvalue weighted by atomic mass is 16.5. The van der Waals surface area contributed by atoms with Gasteiger partial charge in [-0.15, -0.1) is 0 Å². The third-order valence-corrected chi connectivity index (χ3v) is 3.84. The van der Waals surface area contributed by atoms with Crippen molar-refractivity contribution in [1.29, 1.82) is 0 Å². The second kappa shape index (κ2) is 8.67. The highest BCUT2D eigenvalue weighted by Gasteiger charge is 2.28. The molecule has 9 nitrogen and oxygen atoms in total. The van der Waals surface area contributed by atoms with Crippen LogP contribution >= 0.6 is 0 Å². The Bertz CT molecular complexity index is 909. The predicted octanol–water partition coefficient (Wildman–Crippen LogP) is 1.30. The van der Waals surface area contributed by atoms with Crippen LogP contribution in [0.2, 0.25) is 0 Å². The summed E-state index contributed by atoms with van der Waals surface area (Å²) >= 11 is 0. The van der Waals surface area contributed by atoms with E-state index >= 15 is 0 Å². The molecule has 1 aliphatic heterocycles. The zero-order valence-corrected chi connectivity index (χ0v) is 15.2. The van der Waals surface area contributed by atoms with Gasteiger partial charge in [0.05, 0.1) is 13.5 Å². The summed E-state index contributed by atoms with van der Waals surface area (Å²) < 4.78 is 5.07. The third-order valence-electron chi connectivity index (χ3n) is 3.84. The van der Waals surface area contributed by atoms with E-state index in [0.29, 0.717) is 11.4 Å². The van der Waals surface area contributed by atoms with Crippen LogP contribution in [-0.4, -0.2) is 36.9 Å². The van der Waals surface area contributed by atoms with Crippen LogP contribution < -0.4 is 26.4 Å². The van der Waals surface area contributed by atoms with Crippen LogP contribution in [0.4, 0.5) is 11.4 Å². The van der Waals surface area contributed by atoms with E-state index in [4.69, 9.17) is 10.5 Å². The number of nitrogens with two attached hydrogens (primary N) is 1. The molecule has 1 heterocycles. The molecule has 28 heavy (non-hydrogen) atoms. The van der Waals surface area contributed by atoms with Crippen molar-refractivity contribution < 1.29 is 14.3 Å². The SMILES string of the molecule is COc1ccc(NC(=O)C[C@@H]2N=C(N=C(N)Nc3ccccc3)NC2=O)cc1. The number of nitrogens with zero attached hydrogens (tertiary/aromatic N) is 2. The van der Waals surface area contributed by atoms with Gasteiger partial charge in [0.25, 0.3) is 5.91 Å². The fourth-order valence-electron chi connectivity index (χ4n) is 2.50. The number of para-hydroxylation sites is 1. The van der Waals surface area contributed by atoms with Gasteiger partial charge in [-0.1, -0.05) is 18.2 Å². The van der Waals surface area contributed by atoms with Crippen molar-refractivity contribution in [3.8, 4) is 5.75 Å². The third kappa shape index (κ3) is 5.07. The topological polar surface area (TPSA) is 130 Å². The van der Waals surface area contributed by atoms with Gasteiger partial charge in [-0.3, -0.25) is 14.9 Å². The number of hydrogen-bond acceptors (Lipinski definition) is 5. The van der Waals surface area contributed by atoms with E-state index < -0.39 is 11.9 Å². The molecule has 2 amide bonds. The number of aliphatic imine (C=N–C) groups is 2. The number of hydrogen-bond donors (Lipinski definition) is 4. The first-order chi connectivity index (χ1) is 13.5. The summed E-state index contributed by atoms with van der Waals surface area (Å²) in [5.41, 5.74) is 7.17. The Labute approximate surface area is 161 Å². The van der Waals surface area contributed by atoms with Crippen molar-refractivity contribution >= 4 is 35.1 Å². The summed E-state index contributed by atoms with van der Waals surface area (Å²) in [4.78, 5) is 32.4. The van der Waals surface area contributed by atoms with E-state index in [1.54, 1.807) is 31.4 Å². The fraction of sp³-hybridized carbons (Fsp3) is 0.158. The van der Waals surface area contributed by atoms with E-state index in [1.807, 2.05) is 30.3 Å². The molecule has 0 aliphatic carbocycles. The van der Waals surface area contributed by atoms with Crippen LogP contribution in [0.3, 0.4) is 0 Å². The van der Waals surface area contributed by atoms with Crippen LogP contribution in [0, 0.1) is 0 Å². The Kier molecular flexibility index (Phi) is 5.85. The van der Waals surface area contributed by atoms with E-state index in [-0.39, 0.29) is 24.2 Å². The zero-order valence-electron chi connectivity index (χ0n) is 15.2. The van der Waals surface area contributed by atoms with Gasteiger partial charge in [0, 0.05) is 11.4 Å². The van der Waals surface area contributed by atoms with Crippen molar-refractivity contribution in [3.05, 3.63) is 54.6 Å². The molecule has 0 saturated carbocycles. The number of amides is 2. The molecule has 0 spiro atoms. The monoisotopic (exact) mass is 380 g/mol. The van der Waals surface area contributed by atoms with E-state index in [0.717, 1.165) is 5.69 Å². The Morgan fingerprint density at radius 2 is 1.82 bits per heavy atom. The van der Waals surface area contributed by atoms with Gasteiger partial charge in [-0.05, 0) is 36.4 Å². The maximum absolute atomic E-state index is 12.2. The molecule has 2 aromatic carbocycles. The Balaban J connectivity index is 1.58. The molecule has 144 valence electrons. The molecule has 1 atom stereocenters. The summed E-state index contributed by atoms with van der Waals surface area (Å²) in [6.45, 7) is 0. The Hall–Kier alpha value is -3.88. The molecule has 9 heteroatoms. The van der Waals surface area contributed by atoms with Crippen molar-refractivity contribution in [2.24, 2.45) is 15.7 Å². The van der Waals surface area contributed by atoms with Crippen molar-refractivity contribution in [1.82, 2.24) is 5.32 Å². The molecular formula is C19H20N6O3. The largest absolute Gasteiger partial charge is 0.497 e. The first-order valence-electron chi connectivity index (χ1n) is 8.52. The molecule has 0 unspecified atom stereocenters. The van der Waals surface area contributed by atoms with E-state index in [2.05, 4.69) is 25.9 Å². The number of benzene rings is 2. The van der Waals surface area contributed by atoms with Crippen molar-refractivity contribution in [3.63, 3.8) is 0 Å². The van der Waals surface area contributed by atoms with E-state index in [1.165, 1.54) is 0 Å². The van der Waals surface area contributed by atoms with Gasteiger partial charge in [-0.25, -0.2) is 4.99 Å². The lowest BCUT2D eigenvalue weighted by Crippen LogP contribution is -2.32. The number of carbonyl (C=O) groups is 2. The molecule has 0 radical (unpaired) electrons. The van der Waals surface area contributed by atoms with Crippen LogP contribution in [0.1, 0.15) is 6.42 Å². The number of carbonyl (C=O) groups excluding carboxylic acids is 2. The maximum Gasteiger partial charge on any atom is 0.252 e. The smallest absolute Gasteiger partial charge is 0.252 e. The lowest BCUT2D eigenvalue weighted by molar-refractivity contribution is -0.123. The zero-order chi connectivity index (χ0) is 19.9. The quantitative estimate of drug-likeness (QED) is 0.459. The number of rotatable bonds is 5. The maximum atomic E-state index is 12.2. The van der Waals surface area contributed by atoms with Gasteiger partial charge in [-0.2, -0.15) is 4.99 Å². The summed E-state index contributed by atoms with van der Waals surface area (Å²) in [6.07, 6.45) is -0.108. The van der Waals surface area contributed by atoms with Crippen LogP contribution in [0.5, 0.6) is 5.75 Å². The standard InChI is InChI=1S/C19H20N6O3/c1-28-14-9-7-13(8-10-14)21-16(26)11-15-17(27)24-19(23-15)25-18(20)22-12-5-3-2-4-6-12/h2-10,15H,11H2,1H3,(H,21,26)(H4,20,22,23,24,25,27)/t15-/m0/s1. The fourth-order valence-corrected chi connectivity index (χ4v) is 2.50. The normalized spacial score (nSPS) is 16.2. The summed E-state index contributed by atoms with van der Waals surface area (Å²) in [6, 6.07) is 15.2. The summed E-state index contributed by atoms with van der Waals surface area (Å²) in [7, 11) is 1.56. The average Bonchev–Trinajstić information content (AvgIpc) is 3.01. The molecular weight excluding hydrogens is 360 g/mol. The van der Waals surface area contributed by atoms with Gasteiger partial charge < -0.3 is 21.1 Å². The van der Waals surface area contributed by atoms with Gasteiger partial charge in [0.1, 0.15) is 11.8 Å². The molecule has 3 rings (SSSR count). The molecule has 5 N–H and O–H groups in total. The van der Waals surface area contributed by atoms with Gasteiger partial charge in [0.2, 0.25) is 17.8 Å². The molecule has 0 bridgehead atoms. The Morgan fingerprint density at radius 1 is 1.14 bits per heavy atom. The lowest BCUT2D eigenvalue weighted by atomic mass is 10.2. The molecule has 0 saturated heterocycles. The number of guanidine groups is 2. The summed E-state index contributed by atoms with van der Waals surface area (Å²) in [5, 5.41) is 8.11. The van der Waals surface area contributed by atoms with Gasteiger partial charge in [0.15, 0.2) is 0 Å². The molecule has 0 fully saturated rings. The number of anilines is 2. The van der Waals surface area contributed by atoms with Crippen LogP contribution in [0.15, 0.2) is 64.6 Å². The minimum absolute atomic E-state index is 0.0631. The van der Waals surface area contributed by atoms with Gasteiger partial charge >= 0.3 is 0 Å². The van der Waals surface area contributed by atoms with E-state index in [9.17, 15) is 9.59 Å². The first-order valence-corrected chi connectivity index (χ1v) is 8.52. The summed E-state index contributed by atoms with van der Waals surface area (Å²) in [5.74, 6) is 0.0783. The second-order valence-corrected chi connectivity index (χ2v) is 5.93. The predicted molar refractivity (Wildman–Crippen MR) is 107 cm³/mol. The lowest BCUT2D eigenvalue weighted by Gasteiger charge is -2.07. The minimum atomic E-state index is -0.860. The second-order valence-electron chi connectivity index (χ2n) is 5.93. The highest BCUT2D eigenvalue weighted by molar-refractivity contribution is 6.11. The Morgan fingerprint density at radius 3 is 2.50 bits per heavy atom. The molecule has 1 aliphatic rings. The first kappa shape index (κ1) is 18.9. The molecule has 2 aromatic rings. The minimum Gasteiger partial charge on any atom is -0.497 e. The number of methoxy groups -OCH3 is 1. The number of nitrogens with one attached hydrogen (secondary N) is 3. The average molecular weight is 380 g/mol. The van der Waals surface area contributed by atoms with Crippen LogP contribution in [0.25, 0.3) is 0 Å². The van der Waals surface area contributed by atoms with Crippen molar-refractivity contribution in [2.45, 2.75) is 12.5 Å². The number of ether oxygens (including phenoxy) is 1. The van der Waals surface area contributed by atoms with Crippen molar-refractivity contribution in [2.75, 3.05) is 17.7 Å². The van der Waals surface area contributed by atoms with Crippen LogP contribution in [-0.2, 0) is 9.59 Å². The highest BCUT2D eigenvalue weighted by Crippen LogP contribution is 2.16.